The maximum absolute atomic E-state index is 2.39. The number of benzene rings is 23. The van der Waals surface area contributed by atoms with Gasteiger partial charge in [-0.15, -0.1) is 0 Å². The second-order valence-corrected chi connectivity index (χ2v) is 35.9. The molecule has 0 fully saturated rings. The standard InChI is InChI=1S/C48H34N2.C46H32N2.C42H30N2/c1-4-12-35(13-5-1)36-20-22-37(23-21-36)38-24-31-44(32-25-38)50-47-19-11-10-18-45(47)46-34-40(28-33-48(46)50)39-26-29-43(30-27-39)49(41-14-6-2-7-15-41)42-16-8-3-9-17-42;1-3-13-33(14-4-1)36-17-11-20-40(31-36)48-45-23-10-9-22-42(45)43-32-37(27-30-46(43)48)34-25-28-39(29-26-34)47(38-18-5-2-6-19-38)44-24-12-16-35-15-7-8-21-41(35)44;1-4-12-31(13-5-1)32-20-27-38(28-21-32)44-41-19-11-10-18-39(41)40-30-34(24-29-42(40)44)33-22-25-37(26-23-33)43(35-14-6-2-7-15-35)36-16-8-3-9-17-36/h1-34H;1-32H;1-30H. The highest BCUT2D eigenvalue weighted by molar-refractivity contribution is 6.14. The fraction of sp³-hybridized carbons (Fsp3) is 0. The number of hydrogen-bond acceptors (Lipinski definition) is 3. The van der Waals surface area contributed by atoms with E-state index in [4.69, 9.17) is 0 Å². The molecule has 0 unspecified atom stereocenters. The predicted octanol–water partition coefficient (Wildman–Crippen LogP) is 37.6. The molecule has 670 valence electrons. The fourth-order valence-corrected chi connectivity index (χ4v) is 20.5. The summed E-state index contributed by atoms with van der Waals surface area (Å²) in [6.45, 7) is 0. The van der Waals surface area contributed by atoms with Crippen LogP contribution in [0.25, 0.3) is 171 Å². The molecule has 26 rings (SSSR count). The van der Waals surface area contributed by atoms with Crippen molar-refractivity contribution in [3.8, 4) is 95.0 Å². The molecule has 23 aromatic carbocycles. The van der Waals surface area contributed by atoms with Crippen LogP contribution in [0.5, 0.6) is 0 Å². The van der Waals surface area contributed by atoms with Gasteiger partial charge in [-0.05, 0) is 277 Å². The van der Waals surface area contributed by atoms with Crippen LogP contribution in [-0.4, -0.2) is 13.7 Å². The molecule has 0 saturated heterocycles. The molecule has 3 heterocycles. The maximum atomic E-state index is 2.39. The minimum Gasteiger partial charge on any atom is -0.311 e. The Morgan fingerprint density at radius 3 is 0.676 bits per heavy atom. The molecule has 0 saturated carbocycles. The average Bonchev–Trinajstić information content (AvgIpc) is 1.60. The number of nitrogens with zero attached hydrogens (tertiary/aromatic N) is 6. The predicted molar refractivity (Wildman–Crippen MR) is 602 cm³/mol. The van der Waals surface area contributed by atoms with Crippen LogP contribution in [0, 0.1) is 0 Å². The van der Waals surface area contributed by atoms with Gasteiger partial charge in [-0.2, -0.15) is 0 Å². The highest BCUT2D eigenvalue weighted by atomic mass is 15.2. The molecule has 0 aliphatic heterocycles. The number of rotatable bonds is 19. The Bertz CT molecular complexity index is 8840. The molecule has 3 aromatic heterocycles. The number of anilines is 9. The topological polar surface area (TPSA) is 24.5 Å². The zero-order valence-corrected chi connectivity index (χ0v) is 78.1. The SMILES string of the molecule is c1ccc(-c2ccc(-c3ccc(-n4c5ccccc5c5cc(-c6ccc(N(c7ccccc7)c7ccccc7)cc6)ccc54)cc3)cc2)cc1.c1ccc(-c2ccc(-n3c4ccccc4c4cc(-c5ccc(N(c6ccccc6)c6ccccc6)cc5)ccc43)cc2)cc1.c1ccc(-c2cccc(-n3c4ccccc4c4cc(-c5ccc(N(c6ccccc6)c6cccc7ccccc67)cc5)ccc43)c2)cc1. The van der Waals surface area contributed by atoms with Crippen molar-refractivity contribution in [2.45, 2.75) is 0 Å². The third-order valence-electron chi connectivity index (χ3n) is 27.4. The second kappa shape index (κ2) is 38.7. The summed E-state index contributed by atoms with van der Waals surface area (Å²) >= 11 is 0. The summed E-state index contributed by atoms with van der Waals surface area (Å²) in [7, 11) is 0. The normalized spacial score (nSPS) is 11.2. The Morgan fingerprint density at radius 2 is 0.324 bits per heavy atom. The van der Waals surface area contributed by atoms with Crippen LogP contribution >= 0.6 is 0 Å². The Labute approximate surface area is 827 Å². The smallest absolute Gasteiger partial charge is 0.0541 e. The van der Waals surface area contributed by atoms with Crippen LogP contribution in [-0.2, 0) is 0 Å². The molecule has 0 bridgehead atoms. The van der Waals surface area contributed by atoms with E-state index in [1.807, 2.05) is 0 Å². The van der Waals surface area contributed by atoms with E-state index in [2.05, 4.69) is 611 Å². The molecule has 0 aliphatic rings. The Balaban J connectivity index is 0.000000115. The van der Waals surface area contributed by atoms with E-state index in [0.717, 1.165) is 68.2 Å². The molecule has 142 heavy (non-hydrogen) atoms. The average molecular weight is 1810 g/mol. The van der Waals surface area contributed by atoms with Gasteiger partial charge in [0.1, 0.15) is 0 Å². The van der Waals surface area contributed by atoms with Gasteiger partial charge in [-0.3, -0.25) is 0 Å². The fourth-order valence-electron chi connectivity index (χ4n) is 20.5. The van der Waals surface area contributed by atoms with E-state index >= 15 is 0 Å². The van der Waals surface area contributed by atoms with Crippen molar-refractivity contribution >= 4 is 127 Å². The molecule has 0 spiro atoms. The third kappa shape index (κ3) is 17.1. The van der Waals surface area contributed by atoms with Crippen molar-refractivity contribution < 1.29 is 0 Å². The summed E-state index contributed by atoms with van der Waals surface area (Å²) in [4.78, 5) is 6.95. The van der Waals surface area contributed by atoms with Crippen molar-refractivity contribution in [1.82, 2.24) is 13.7 Å². The van der Waals surface area contributed by atoms with E-state index in [1.54, 1.807) is 0 Å². The molecule has 6 heteroatoms. The van der Waals surface area contributed by atoms with Gasteiger partial charge in [0, 0.05) is 100 Å². The van der Waals surface area contributed by atoms with E-state index in [9.17, 15) is 0 Å². The number of para-hydroxylation sites is 8. The van der Waals surface area contributed by atoms with Gasteiger partial charge in [0.15, 0.2) is 0 Å². The molecular weight excluding hydrogens is 1720 g/mol. The Morgan fingerprint density at radius 1 is 0.113 bits per heavy atom. The lowest BCUT2D eigenvalue weighted by Gasteiger charge is -2.27. The highest BCUT2D eigenvalue weighted by Crippen LogP contribution is 2.46. The van der Waals surface area contributed by atoms with Crippen molar-refractivity contribution in [1.29, 1.82) is 0 Å². The van der Waals surface area contributed by atoms with Crippen molar-refractivity contribution in [2.24, 2.45) is 0 Å². The minimum absolute atomic E-state index is 1.12. The van der Waals surface area contributed by atoms with Crippen LogP contribution in [0.15, 0.2) is 582 Å². The van der Waals surface area contributed by atoms with Gasteiger partial charge in [0.05, 0.1) is 38.8 Å². The number of hydrogen-bond donors (Lipinski definition) is 0. The maximum Gasteiger partial charge on any atom is 0.0541 e. The number of fused-ring (bicyclic) bond motifs is 10. The van der Waals surface area contributed by atoms with E-state index in [0.29, 0.717) is 0 Å². The van der Waals surface area contributed by atoms with E-state index < -0.39 is 0 Å². The molecule has 0 amide bonds. The summed E-state index contributed by atoms with van der Waals surface area (Å²) in [5.74, 6) is 0. The zero-order chi connectivity index (χ0) is 94.4. The van der Waals surface area contributed by atoms with Crippen LogP contribution in [0.2, 0.25) is 0 Å². The third-order valence-corrected chi connectivity index (χ3v) is 27.4. The Hall–Kier alpha value is -18.9. The second-order valence-electron chi connectivity index (χ2n) is 35.9. The van der Waals surface area contributed by atoms with Gasteiger partial charge in [0.2, 0.25) is 0 Å². The van der Waals surface area contributed by atoms with Crippen LogP contribution < -0.4 is 14.7 Å². The minimum atomic E-state index is 1.12. The Kier molecular flexibility index (Phi) is 23.4. The first-order valence-electron chi connectivity index (χ1n) is 48.6. The summed E-state index contributed by atoms with van der Waals surface area (Å²) < 4.78 is 7.16. The summed E-state index contributed by atoms with van der Waals surface area (Å²) in [5, 5.41) is 9.97. The monoisotopic (exact) mass is 1810 g/mol. The molecule has 0 N–H and O–H groups in total. The van der Waals surface area contributed by atoms with Crippen LogP contribution in [0.3, 0.4) is 0 Å². The van der Waals surface area contributed by atoms with Gasteiger partial charge in [0.25, 0.3) is 0 Å². The summed E-state index contributed by atoms with van der Waals surface area (Å²) in [5.41, 5.74) is 37.9. The molecule has 0 aliphatic carbocycles. The first kappa shape index (κ1) is 86.0. The first-order valence-corrected chi connectivity index (χ1v) is 48.6. The van der Waals surface area contributed by atoms with Crippen molar-refractivity contribution in [2.75, 3.05) is 14.7 Å². The lowest BCUT2D eigenvalue weighted by Crippen LogP contribution is -2.10. The van der Waals surface area contributed by atoms with Crippen molar-refractivity contribution in [3.63, 3.8) is 0 Å². The number of aromatic nitrogens is 3. The summed E-state index contributed by atoms with van der Waals surface area (Å²) in [6.07, 6.45) is 0. The van der Waals surface area contributed by atoms with Gasteiger partial charge in [-0.25, -0.2) is 0 Å². The van der Waals surface area contributed by atoms with Crippen LogP contribution in [0.4, 0.5) is 51.2 Å². The van der Waals surface area contributed by atoms with Gasteiger partial charge >= 0.3 is 0 Å². The molecule has 0 radical (unpaired) electrons. The largest absolute Gasteiger partial charge is 0.311 e. The lowest BCUT2D eigenvalue weighted by molar-refractivity contribution is 1.18. The zero-order valence-electron chi connectivity index (χ0n) is 78.1. The van der Waals surface area contributed by atoms with Gasteiger partial charge in [-0.1, -0.05) is 388 Å². The first-order chi connectivity index (χ1) is 70.4. The van der Waals surface area contributed by atoms with E-state index in [-0.39, 0.29) is 0 Å². The molecule has 6 nitrogen and oxygen atoms in total. The molecule has 26 aromatic rings. The highest BCUT2D eigenvalue weighted by Gasteiger charge is 2.23. The summed E-state index contributed by atoms with van der Waals surface area (Å²) in [6, 6.07) is 209. The molecular formula is C136H96N6. The molecule has 0 atom stereocenters. The van der Waals surface area contributed by atoms with Crippen molar-refractivity contribution in [3.05, 3.63) is 582 Å². The van der Waals surface area contributed by atoms with Crippen LogP contribution in [0.1, 0.15) is 0 Å². The quantitative estimate of drug-likeness (QED) is 0.0806. The lowest BCUT2D eigenvalue weighted by atomic mass is 10.0. The van der Waals surface area contributed by atoms with Gasteiger partial charge < -0.3 is 28.4 Å². The van der Waals surface area contributed by atoms with E-state index in [1.165, 1.54) is 154 Å².